The van der Waals surface area contributed by atoms with E-state index in [1.807, 2.05) is 6.26 Å². The van der Waals surface area contributed by atoms with Crippen LogP contribution in [0.3, 0.4) is 0 Å². The minimum absolute atomic E-state index is 0.536. The van der Waals surface area contributed by atoms with Crippen LogP contribution in [0.4, 0.5) is 0 Å². The second-order valence-corrected chi connectivity index (χ2v) is 5.99. The molecule has 1 aromatic heterocycles. The molecular weight excluding hydrogens is 248 g/mol. The van der Waals surface area contributed by atoms with Gasteiger partial charge in [0, 0.05) is 28.1 Å². The maximum Gasteiger partial charge on any atom is 0.0880 e. The molecule has 2 unspecified atom stereocenters. The summed E-state index contributed by atoms with van der Waals surface area (Å²) in [7, 11) is 3.99. The first-order valence-corrected chi connectivity index (χ1v) is 7.33. The predicted octanol–water partition coefficient (Wildman–Crippen LogP) is 3.55. The summed E-state index contributed by atoms with van der Waals surface area (Å²) >= 11 is 0. The number of rotatable bonds is 1. The molecule has 104 valence electrons. The van der Waals surface area contributed by atoms with Crippen molar-refractivity contribution >= 4 is 16.5 Å². The van der Waals surface area contributed by atoms with Gasteiger partial charge in [-0.15, -0.1) is 0 Å². The van der Waals surface area contributed by atoms with E-state index < -0.39 is 0 Å². The highest BCUT2D eigenvalue weighted by Crippen LogP contribution is 2.49. The van der Waals surface area contributed by atoms with Crippen molar-refractivity contribution in [2.24, 2.45) is 5.92 Å². The van der Waals surface area contributed by atoms with Crippen molar-refractivity contribution in [1.82, 2.24) is 9.88 Å². The summed E-state index contributed by atoms with van der Waals surface area (Å²) in [6, 6.07) is 9.17. The van der Waals surface area contributed by atoms with Crippen molar-refractivity contribution in [3.63, 3.8) is 0 Å². The normalized spacial score (nSPS) is 27.8. The van der Waals surface area contributed by atoms with Crippen LogP contribution in [0.15, 0.2) is 30.5 Å². The number of nitrogens with one attached hydrogen (secondary N) is 1. The van der Waals surface area contributed by atoms with Gasteiger partial charge in [-0.1, -0.05) is 18.2 Å². The largest absolute Gasteiger partial charge is 0.504 e. The van der Waals surface area contributed by atoms with Gasteiger partial charge in [-0.2, -0.15) is 0 Å². The molecule has 2 aromatic rings. The number of hydrogen-bond acceptors (Lipinski definition) is 2. The van der Waals surface area contributed by atoms with E-state index in [2.05, 4.69) is 41.2 Å². The highest BCUT2D eigenvalue weighted by atomic mass is 16.5. The molecule has 1 aliphatic heterocycles. The highest BCUT2D eigenvalue weighted by Gasteiger charge is 2.39. The molecule has 1 saturated heterocycles. The Morgan fingerprint density at radius 2 is 2.20 bits per heavy atom. The van der Waals surface area contributed by atoms with Crippen LogP contribution in [0.1, 0.15) is 30.1 Å². The lowest BCUT2D eigenvalue weighted by Crippen LogP contribution is -2.37. The number of nitrogens with zero attached hydrogens (tertiary/aromatic N) is 1. The number of para-hydroxylation sites is 1. The molecule has 0 radical (unpaired) electrons. The Morgan fingerprint density at radius 1 is 1.35 bits per heavy atom. The van der Waals surface area contributed by atoms with Crippen molar-refractivity contribution in [2.45, 2.75) is 18.9 Å². The maximum atomic E-state index is 5.36. The monoisotopic (exact) mass is 268 g/mol. The molecule has 1 aromatic carbocycles. The first-order valence-electron chi connectivity index (χ1n) is 7.33. The van der Waals surface area contributed by atoms with Crippen molar-refractivity contribution < 1.29 is 4.74 Å². The average Bonchev–Trinajstić information content (AvgIpc) is 2.85. The summed E-state index contributed by atoms with van der Waals surface area (Å²) in [5.74, 6) is 0.622. The zero-order valence-electron chi connectivity index (χ0n) is 12.0. The number of aromatic amines is 1. The molecule has 0 spiro atoms. The topological polar surface area (TPSA) is 28.3 Å². The molecule has 1 N–H and O–H groups in total. The van der Waals surface area contributed by atoms with Crippen LogP contribution < -0.4 is 0 Å². The molecule has 2 atom stereocenters. The van der Waals surface area contributed by atoms with E-state index in [0.29, 0.717) is 12.0 Å². The lowest BCUT2D eigenvalue weighted by Gasteiger charge is -2.42. The summed E-state index contributed by atoms with van der Waals surface area (Å²) in [5.41, 5.74) is 5.34. The molecule has 3 heteroatoms. The standard InChI is InChI=1S/C17H20N2O/c1-19-8-7-11-9-15(19)16-12-5-3-4-6-14(12)18-17(16)13(11)10-20-2/h3-6,10-11,15,18H,7-9H2,1-2H3/b13-10-. The molecule has 0 amide bonds. The van der Waals surface area contributed by atoms with Crippen LogP contribution in [0, 0.1) is 5.92 Å². The van der Waals surface area contributed by atoms with Crippen LogP contribution in [-0.4, -0.2) is 30.6 Å². The Labute approximate surface area is 119 Å². The second kappa shape index (κ2) is 4.38. The van der Waals surface area contributed by atoms with Gasteiger partial charge in [-0.3, -0.25) is 4.90 Å². The van der Waals surface area contributed by atoms with E-state index in [0.717, 1.165) is 6.54 Å². The zero-order chi connectivity index (χ0) is 13.7. The fourth-order valence-corrected chi connectivity index (χ4v) is 3.93. The van der Waals surface area contributed by atoms with Crippen molar-refractivity contribution in [3.8, 4) is 0 Å². The Kier molecular flexibility index (Phi) is 2.64. The fraction of sp³-hybridized carbons (Fsp3) is 0.412. The third-order valence-corrected chi connectivity index (χ3v) is 4.92. The number of piperidine rings is 1. The van der Waals surface area contributed by atoms with Crippen LogP contribution >= 0.6 is 0 Å². The van der Waals surface area contributed by atoms with Crippen molar-refractivity contribution in [1.29, 1.82) is 0 Å². The first kappa shape index (κ1) is 12.0. The molecule has 2 bridgehead atoms. The number of methoxy groups -OCH3 is 1. The number of hydrogen-bond donors (Lipinski definition) is 1. The predicted molar refractivity (Wildman–Crippen MR) is 81.4 cm³/mol. The van der Waals surface area contributed by atoms with Crippen LogP contribution in [-0.2, 0) is 4.74 Å². The number of H-pyrrole nitrogens is 1. The van der Waals surface area contributed by atoms with Gasteiger partial charge in [0.25, 0.3) is 0 Å². The smallest absolute Gasteiger partial charge is 0.0880 e. The Morgan fingerprint density at radius 3 is 3.05 bits per heavy atom. The van der Waals surface area contributed by atoms with Gasteiger partial charge >= 0.3 is 0 Å². The third-order valence-electron chi connectivity index (χ3n) is 4.92. The number of ether oxygens (including phenoxy) is 1. The number of likely N-dealkylation sites (tertiary alicyclic amines) is 1. The van der Waals surface area contributed by atoms with Crippen LogP contribution in [0.5, 0.6) is 0 Å². The van der Waals surface area contributed by atoms with Gasteiger partial charge in [0.15, 0.2) is 0 Å². The minimum Gasteiger partial charge on any atom is -0.504 e. The zero-order valence-corrected chi connectivity index (χ0v) is 12.0. The summed E-state index contributed by atoms with van der Waals surface area (Å²) in [6.45, 7) is 1.16. The molecule has 2 aliphatic rings. The number of fused-ring (bicyclic) bond motifs is 6. The minimum atomic E-state index is 0.536. The van der Waals surface area contributed by atoms with Crippen LogP contribution in [0.25, 0.3) is 16.5 Å². The van der Waals surface area contributed by atoms with Gasteiger partial charge in [0.1, 0.15) is 0 Å². The quantitative estimate of drug-likeness (QED) is 0.801. The Balaban J connectivity index is 2.01. The molecular formula is C17H20N2O. The number of benzene rings is 1. The molecule has 1 aliphatic carbocycles. The van der Waals surface area contributed by atoms with E-state index in [9.17, 15) is 0 Å². The van der Waals surface area contributed by atoms with E-state index in [4.69, 9.17) is 4.74 Å². The first-order chi connectivity index (χ1) is 9.79. The number of allylic oxidation sites excluding steroid dienone is 1. The molecule has 2 heterocycles. The van der Waals surface area contributed by atoms with E-state index in [1.54, 1.807) is 7.11 Å². The lowest BCUT2D eigenvalue weighted by molar-refractivity contribution is 0.157. The van der Waals surface area contributed by atoms with E-state index in [1.165, 1.54) is 40.6 Å². The van der Waals surface area contributed by atoms with E-state index in [-0.39, 0.29) is 0 Å². The summed E-state index contributed by atoms with van der Waals surface area (Å²) in [4.78, 5) is 6.12. The van der Waals surface area contributed by atoms with Gasteiger partial charge in [-0.05, 0) is 38.4 Å². The maximum absolute atomic E-state index is 5.36. The SMILES string of the molecule is CO/C=C1\c2[nH]c3ccccc3c2C2CC1CCN2C. The third kappa shape index (κ3) is 1.56. The average molecular weight is 268 g/mol. The summed E-state index contributed by atoms with van der Waals surface area (Å²) in [5, 5.41) is 1.36. The van der Waals surface area contributed by atoms with Crippen molar-refractivity contribution in [2.75, 3.05) is 20.7 Å². The molecule has 0 saturated carbocycles. The fourth-order valence-electron chi connectivity index (χ4n) is 3.93. The Hall–Kier alpha value is -1.74. The lowest BCUT2D eigenvalue weighted by atomic mass is 9.75. The van der Waals surface area contributed by atoms with Gasteiger partial charge < -0.3 is 9.72 Å². The van der Waals surface area contributed by atoms with E-state index >= 15 is 0 Å². The summed E-state index contributed by atoms with van der Waals surface area (Å²) < 4.78 is 5.36. The second-order valence-electron chi connectivity index (χ2n) is 5.99. The molecule has 1 fully saturated rings. The number of aromatic nitrogens is 1. The van der Waals surface area contributed by atoms with Gasteiger partial charge in [0.05, 0.1) is 19.1 Å². The molecule has 20 heavy (non-hydrogen) atoms. The highest BCUT2D eigenvalue weighted by molar-refractivity contribution is 5.91. The molecule has 4 rings (SSSR count). The van der Waals surface area contributed by atoms with Gasteiger partial charge in [0.2, 0.25) is 0 Å². The Bertz CT molecular complexity index is 685. The van der Waals surface area contributed by atoms with Gasteiger partial charge in [-0.25, -0.2) is 0 Å². The van der Waals surface area contributed by atoms with Crippen LogP contribution in [0.2, 0.25) is 0 Å². The van der Waals surface area contributed by atoms with Crippen molar-refractivity contribution in [3.05, 3.63) is 41.8 Å². The summed E-state index contributed by atoms with van der Waals surface area (Å²) in [6.07, 6.45) is 4.37. The molecule has 3 nitrogen and oxygen atoms in total.